The minimum absolute atomic E-state index is 0.699. The van der Waals surface area contributed by atoms with Gasteiger partial charge in [-0.2, -0.15) is 0 Å². The van der Waals surface area contributed by atoms with E-state index >= 15 is 0 Å². The highest BCUT2D eigenvalue weighted by Gasteiger charge is 2.23. The molecule has 0 atom stereocenters. The van der Waals surface area contributed by atoms with Gasteiger partial charge in [-0.05, 0) is 81.9 Å². The average molecular weight is 792 g/mol. The molecule has 0 heterocycles. The largest absolute Gasteiger partial charge is 0.492 e. The van der Waals surface area contributed by atoms with E-state index in [4.69, 9.17) is 32.7 Å². The van der Waals surface area contributed by atoms with Gasteiger partial charge in [-0.3, -0.25) is 0 Å². The Balaban J connectivity index is 1.28. The predicted octanol–water partition coefficient (Wildman–Crippen LogP) is 17.9. The van der Waals surface area contributed by atoms with E-state index < -0.39 is 0 Å². The molecule has 56 heavy (non-hydrogen) atoms. The first kappa shape index (κ1) is 42.2. The van der Waals surface area contributed by atoms with E-state index in [1.165, 1.54) is 116 Å². The average Bonchev–Trinajstić information content (AvgIpc) is 3.21. The lowest BCUT2D eigenvalue weighted by molar-refractivity contribution is 0.311. The number of ether oxygens (including phenoxy) is 2. The van der Waals surface area contributed by atoms with Crippen LogP contribution in [0.3, 0.4) is 0 Å². The van der Waals surface area contributed by atoms with Crippen molar-refractivity contribution in [1.82, 2.24) is 0 Å². The number of halogens is 2. The molecule has 0 aliphatic carbocycles. The van der Waals surface area contributed by atoms with E-state index in [9.17, 15) is 0 Å². The highest BCUT2D eigenvalue weighted by Crippen LogP contribution is 2.50. The van der Waals surface area contributed by atoms with Crippen molar-refractivity contribution in [2.75, 3.05) is 13.2 Å². The summed E-state index contributed by atoms with van der Waals surface area (Å²) in [6.45, 7) is 5.96. The van der Waals surface area contributed by atoms with Gasteiger partial charge in [0.1, 0.15) is 11.5 Å². The van der Waals surface area contributed by atoms with Gasteiger partial charge in [0, 0.05) is 31.6 Å². The summed E-state index contributed by atoms with van der Waals surface area (Å²) in [5, 5.41) is 10.3. The molecular weight excluding hydrogens is 727 g/mol. The lowest BCUT2D eigenvalue weighted by atomic mass is 9.85. The van der Waals surface area contributed by atoms with E-state index in [0.717, 1.165) is 78.6 Å². The first-order valence-corrected chi connectivity index (χ1v) is 22.9. The third kappa shape index (κ3) is 10.9. The van der Waals surface area contributed by atoms with E-state index in [-0.39, 0.29) is 0 Å². The molecule has 6 rings (SSSR count). The second kappa shape index (κ2) is 22.5. The zero-order valence-electron chi connectivity index (χ0n) is 34.2. The minimum atomic E-state index is 0.699. The maximum Gasteiger partial charge on any atom is 0.134 e. The third-order valence-corrected chi connectivity index (χ3v) is 12.1. The summed E-state index contributed by atoms with van der Waals surface area (Å²) >= 11 is 13.7. The lowest BCUT2D eigenvalue weighted by Gasteiger charge is -2.22. The molecule has 6 aromatic carbocycles. The molecule has 6 aromatic rings. The molecule has 0 radical (unpaired) electrons. The number of benzene rings is 6. The molecule has 4 heteroatoms. The van der Waals surface area contributed by atoms with Gasteiger partial charge in [-0.15, -0.1) is 0 Å². The van der Waals surface area contributed by atoms with Crippen LogP contribution in [-0.2, 0) is 0 Å². The zero-order valence-corrected chi connectivity index (χ0v) is 35.7. The summed E-state index contributed by atoms with van der Waals surface area (Å²) in [4.78, 5) is 0. The van der Waals surface area contributed by atoms with Gasteiger partial charge >= 0.3 is 0 Å². The number of hydrogen-bond acceptors (Lipinski definition) is 2. The Morgan fingerprint density at radius 2 is 0.643 bits per heavy atom. The molecule has 0 aliphatic heterocycles. The summed E-state index contributed by atoms with van der Waals surface area (Å²) < 4.78 is 13.5. The molecule has 298 valence electrons. The molecule has 0 aliphatic rings. The standard InChI is InChI=1S/C52H64Cl2O2/c1-3-5-7-9-11-13-15-17-19-25-35-55-51-43-29-23-21-27-41(43)49(47-37-39(53)31-33-45(47)51)50-42-28-22-24-30-44(42)52(46-34-32-40(54)38-48(46)50)56-36-26-20-18-16-14-12-10-8-6-4-2/h21-24,27-34,37-38H,3-20,25-26,35-36H2,1-2H3. The quantitative estimate of drug-likeness (QED) is 0.0425. The Labute approximate surface area is 347 Å². The number of rotatable bonds is 25. The maximum absolute atomic E-state index is 6.85. The predicted molar refractivity (Wildman–Crippen MR) is 247 cm³/mol. The molecule has 0 bridgehead atoms. The van der Waals surface area contributed by atoms with Crippen LogP contribution in [0.4, 0.5) is 0 Å². The smallest absolute Gasteiger partial charge is 0.134 e. The summed E-state index contributed by atoms with van der Waals surface area (Å²) in [5.41, 5.74) is 2.29. The number of unbranched alkanes of at least 4 members (excludes halogenated alkanes) is 18. The van der Waals surface area contributed by atoms with Crippen LogP contribution in [0.5, 0.6) is 11.5 Å². The van der Waals surface area contributed by atoms with Gasteiger partial charge in [0.05, 0.1) is 13.2 Å². The van der Waals surface area contributed by atoms with Crippen LogP contribution < -0.4 is 9.47 Å². The fraction of sp³-hybridized carbons (Fsp3) is 0.462. The van der Waals surface area contributed by atoms with Gasteiger partial charge in [0.25, 0.3) is 0 Å². The lowest BCUT2D eigenvalue weighted by Crippen LogP contribution is -2.01. The van der Waals surface area contributed by atoms with Gasteiger partial charge < -0.3 is 9.47 Å². The van der Waals surface area contributed by atoms with E-state index in [1.54, 1.807) is 0 Å². The van der Waals surface area contributed by atoms with Crippen LogP contribution in [0, 0.1) is 0 Å². The van der Waals surface area contributed by atoms with Crippen LogP contribution >= 0.6 is 23.2 Å². The van der Waals surface area contributed by atoms with E-state index in [2.05, 4.69) is 86.6 Å². The van der Waals surface area contributed by atoms with E-state index in [1.807, 2.05) is 12.1 Å². The Bertz CT molecular complexity index is 1980. The monoisotopic (exact) mass is 790 g/mol. The fourth-order valence-electron chi connectivity index (χ4n) is 8.60. The summed E-state index contributed by atoms with van der Waals surface area (Å²) in [6, 6.07) is 29.9. The van der Waals surface area contributed by atoms with Crippen molar-refractivity contribution in [2.24, 2.45) is 0 Å². The summed E-state index contributed by atoms with van der Waals surface area (Å²) in [7, 11) is 0. The zero-order chi connectivity index (χ0) is 39.0. The molecule has 0 amide bonds. The number of hydrogen-bond donors (Lipinski definition) is 0. The SMILES string of the molecule is CCCCCCCCCCCCOc1c2ccccc2c(-c2c3ccccc3c(OCCCCCCCCCCCC)c3ccc(Cl)cc23)c2cc(Cl)ccc12. The Morgan fingerprint density at radius 3 is 1.00 bits per heavy atom. The number of fused-ring (bicyclic) bond motifs is 4. The van der Waals surface area contributed by atoms with Crippen LogP contribution in [-0.4, -0.2) is 13.2 Å². The van der Waals surface area contributed by atoms with Crippen molar-refractivity contribution >= 4 is 66.3 Å². The molecular formula is C52H64Cl2O2. The minimum Gasteiger partial charge on any atom is -0.492 e. The van der Waals surface area contributed by atoms with Crippen molar-refractivity contribution in [3.05, 3.63) is 95.0 Å². The molecule has 0 spiro atoms. The molecule has 0 unspecified atom stereocenters. The summed E-state index contributed by atoms with van der Waals surface area (Å²) in [6.07, 6.45) is 26.0. The second-order valence-electron chi connectivity index (χ2n) is 15.9. The molecule has 0 saturated heterocycles. The highest BCUT2D eigenvalue weighted by atomic mass is 35.5. The second-order valence-corrected chi connectivity index (χ2v) is 16.8. The van der Waals surface area contributed by atoms with Gasteiger partial charge in [0.2, 0.25) is 0 Å². The summed E-state index contributed by atoms with van der Waals surface area (Å²) in [5.74, 6) is 1.88. The molecule has 0 N–H and O–H groups in total. The third-order valence-electron chi connectivity index (χ3n) is 11.6. The Hall–Kier alpha value is -3.46. The molecule has 2 nitrogen and oxygen atoms in total. The van der Waals surface area contributed by atoms with E-state index in [0.29, 0.717) is 23.3 Å². The first-order chi connectivity index (χ1) is 27.6. The van der Waals surface area contributed by atoms with Crippen LogP contribution in [0.2, 0.25) is 10.0 Å². The van der Waals surface area contributed by atoms with Crippen molar-refractivity contribution in [3.63, 3.8) is 0 Å². The topological polar surface area (TPSA) is 18.5 Å². The van der Waals surface area contributed by atoms with Gasteiger partial charge in [-0.25, -0.2) is 0 Å². The normalized spacial score (nSPS) is 11.7. The Kier molecular flexibility index (Phi) is 16.9. The van der Waals surface area contributed by atoms with Crippen molar-refractivity contribution in [3.8, 4) is 22.6 Å². The Morgan fingerprint density at radius 1 is 0.339 bits per heavy atom. The van der Waals surface area contributed by atoms with Gasteiger partial charge in [0.15, 0.2) is 0 Å². The fourth-order valence-corrected chi connectivity index (χ4v) is 8.94. The maximum atomic E-state index is 6.85. The molecule has 0 fully saturated rings. The van der Waals surface area contributed by atoms with Crippen molar-refractivity contribution in [1.29, 1.82) is 0 Å². The first-order valence-electron chi connectivity index (χ1n) is 22.2. The van der Waals surface area contributed by atoms with Crippen LogP contribution in [0.25, 0.3) is 54.2 Å². The van der Waals surface area contributed by atoms with Crippen LogP contribution in [0.1, 0.15) is 142 Å². The molecule has 0 aromatic heterocycles. The van der Waals surface area contributed by atoms with Gasteiger partial charge in [-0.1, -0.05) is 201 Å². The van der Waals surface area contributed by atoms with Crippen molar-refractivity contribution < 1.29 is 9.47 Å². The van der Waals surface area contributed by atoms with Crippen molar-refractivity contribution in [2.45, 2.75) is 142 Å². The molecule has 0 saturated carbocycles. The van der Waals surface area contributed by atoms with Crippen LogP contribution in [0.15, 0.2) is 84.9 Å². The highest BCUT2D eigenvalue weighted by molar-refractivity contribution is 6.34.